The topological polar surface area (TPSA) is 50.1 Å². The van der Waals surface area contributed by atoms with Crippen molar-refractivity contribution < 1.29 is 9.53 Å². The summed E-state index contributed by atoms with van der Waals surface area (Å²) in [6, 6.07) is 18.9. The maximum atomic E-state index is 12.9. The lowest BCUT2D eigenvalue weighted by molar-refractivity contribution is -0.138. The van der Waals surface area contributed by atoms with Gasteiger partial charge in [-0.25, -0.2) is 4.79 Å². The van der Waals surface area contributed by atoms with E-state index < -0.39 is 0 Å². The third-order valence-electron chi connectivity index (χ3n) is 4.66. The summed E-state index contributed by atoms with van der Waals surface area (Å²) in [4.78, 5) is 12.9. The summed E-state index contributed by atoms with van der Waals surface area (Å²) < 4.78 is 5.66. The molecule has 0 heterocycles. The number of esters is 1. The maximum Gasteiger partial charge on any atom is 0.338 e. The van der Waals surface area contributed by atoms with Gasteiger partial charge in [0.2, 0.25) is 0 Å². The highest BCUT2D eigenvalue weighted by atomic mass is 16.5. The van der Waals surface area contributed by atoms with Gasteiger partial charge in [0.1, 0.15) is 0 Å². The molecule has 0 spiro atoms. The highest BCUT2D eigenvalue weighted by Gasteiger charge is 2.18. The van der Waals surface area contributed by atoms with Crippen molar-refractivity contribution in [2.45, 2.75) is 39.5 Å². The van der Waals surface area contributed by atoms with E-state index in [2.05, 4.69) is 19.9 Å². The minimum Gasteiger partial charge on any atom is -0.462 e. The molecule has 0 saturated carbocycles. The molecule has 0 aliphatic heterocycles. The Morgan fingerprint density at radius 1 is 1.11 bits per heavy atom. The molecule has 140 valence electrons. The van der Waals surface area contributed by atoms with Crippen LogP contribution in [-0.4, -0.2) is 12.6 Å². The number of unbranched alkanes of at least 4 members (excludes halogenated alkanes) is 1. The maximum absolute atomic E-state index is 12.9. The first-order valence-corrected chi connectivity index (χ1v) is 9.62. The molecular weight excluding hydrogens is 334 g/mol. The van der Waals surface area contributed by atoms with Crippen LogP contribution in [0.15, 0.2) is 54.6 Å². The van der Waals surface area contributed by atoms with Gasteiger partial charge in [0.15, 0.2) is 0 Å². The second kappa shape index (κ2) is 11.0. The van der Waals surface area contributed by atoms with Crippen LogP contribution in [0.3, 0.4) is 0 Å². The summed E-state index contributed by atoms with van der Waals surface area (Å²) in [6.07, 6.45) is 6.12. The van der Waals surface area contributed by atoms with Crippen molar-refractivity contribution >= 4 is 17.6 Å². The molecule has 0 amide bonds. The molecule has 3 nitrogen and oxygen atoms in total. The SMILES string of the molecule is CCCCC(CC)COC(=O)/C(=C/c1ccccc1)c1ccccc1C#N. The first-order chi connectivity index (χ1) is 13.2. The summed E-state index contributed by atoms with van der Waals surface area (Å²) in [5.74, 6) is -0.00501. The van der Waals surface area contributed by atoms with Crippen molar-refractivity contribution in [3.63, 3.8) is 0 Å². The molecule has 1 unspecified atom stereocenters. The number of nitrogens with zero attached hydrogens (tertiary/aromatic N) is 1. The molecule has 0 aromatic heterocycles. The third kappa shape index (κ3) is 6.11. The third-order valence-corrected chi connectivity index (χ3v) is 4.66. The quantitative estimate of drug-likeness (QED) is 0.319. The first-order valence-electron chi connectivity index (χ1n) is 9.62. The number of rotatable bonds is 9. The van der Waals surface area contributed by atoms with E-state index in [1.165, 1.54) is 0 Å². The van der Waals surface area contributed by atoms with Gasteiger partial charge >= 0.3 is 5.97 Å². The van der Waals surface area contributed by atoms with E-state index in [1.54, 1.807) is 24.3 Å². The van der Waals surface area contributed by atoms with Crippen LogP contribution in [0.1, 0.15) is 56.2 Å². The van der Waals surface area contributed by atoms with Gasteiger partial charge in [-0.3, -0.25) is 0 Å². The Balaban J connectivity index is 2.29. The van der Waals surface area contributed by atoms with Crippen molar-refractivity contribution in [1.29, 1.82) is 5.26 Å². The molecule has 27 heavy (non-hydrogen) atoms. The minimum atomic E-state index is -0.378. The molecule has 2 rings (SSSR count). The molecule has 0 N–H and O–H groups in total. The molecule has 0 radical (unpaired) electrons. The van der Waals surface area contributed by atoms with Gasteiger partial charge in [-0.05, 0) is 30.0 Å². The molecule has 0 bridgehead atoms. The van der Waals surface area contributed by atoms with Crippen molar-refractivity contribution in [3.05, 3.63) is 71.3 Å². The van der Waals surface area contributed by atoms with E-state index >= 15 is 0 Å². The number of hydrogen-bond donors (Lipinski definition) is 0. The summed E-state index contributed by atoms with van der Waals surface area (Å²) in [5.41, 5.74) is 2.39. The molecule has 0 saturated heterocycles. The summed E-state index contributed by atoms with van der Waals surface area (Å²) in [7, 11) is 0. The fourth-order valence-electron chi connectivity index (χ4n) is 2.95. The van der Waals surface area contributed by atoms with Gasteiger partial charge in [0.25, 0.3) is 0 Å². The van der Waals surface area contributed by atoms with Crippen LogP contribution in [0.4, 0.5) is 0 Å². The smallest absolute Gasteiger partial charge is 0.338 e. The largest absolute Gasteiger partial charge is 0.462 e. The van der Waals surface area contributed by atoms with Gasteiger partial charge in [0.05, 0.1) is 23.8 Å². The van der Waals surface area contributed by atoms with Crippen LogP contribution in [0.5, 0.6) is 0 Å². The van der Waals surface area contributed by atoms with Gasteiger partial charge in [-0.2, -0.15) is 5.26 Å². The zero-order chi connectivity index (χ0) is 19.5. The second-order valence-corrected chi connectivity index (χ2v) is 6.64. The Hall–Kier alpha value is -2.86. The van der Waals surface area contributed by atoms with E-state index in [-0.39, 0.29) is 5.97 Å². The van der Waals surface area contributed by atoms with E-state index in [1.807, 2.05) is 36.4 Å². The fourth-order valence-corrected chi connectivity index (χ4v) is 2.95. The number of hydrogen-bond acceptors (Lipinski definition) is 3. The van der Waals surface area contributed by atoms with Crippen LogP contribution in [0.25, 0.3) is 11.6 Å². The molecule has 0 fully saturated rings. The number of benzene rings is 2. The zero-order valence-corrected chi connectivity index (χ0v) is 16.2. The van der Waals surface area contributed by atoms with Crippen LogP contribution in [0.2, 0.25) is 0 Å². The Morgan fingerprint density at radius 3 is 2.48 bits per heavy atom. The van der Waals surface area contributed by atoms with Crippen molar-refractivity contribution in [2.75, 3.05) is 6.61 Å². The Kier molecular flexibility index (Phi) is 8.32. The van der Waals surface area contributed by atoms with Gasteiger partial charge in [0, 0.05) is 5.56 Å². The molecule has 0 aliphatic rings. The Labute approximate surface area is 162 Å². The summed E-state index contributed by atoms with van der Waals surface area (Å²) >= 11 is 0. The van der Waals surface area contributed by atoms with E-state index in [0.29, 0.717) is 29.2 Å². The van der Waals surface area contributed by atoms with Crippen LogP contribution >= 0.6 is 0 Å². The summed E-state index contributed by atoms with van der Waals surface area (Å²) in [6.45, 7) is 4.70. The molecular formula is C24H27NO2. The number of carbonyl (C=O) groups excluding carboxylic acids is 1. The van der Waals surface area contributed by atoms with Gasteiger partial charge < -0.3 is 4.74 Å². The second-order valence-electron chi connectivity index (χ2n) is 6.64. The predicted molar refractivity (Wildman–Crippen MR) is 110 cm³/mol. The van der Waals surface area contributed by atoms with Gasteiger partial charge in [-0.15, -0.1) is 0 Å². The van der Waals surface area contributed by atoms with Crippen molar-refractivity contribution in [3.8, 4) is 6.07 Å². The van der Waals surface area contributed by atoms with Gasteiger partial charge in [-0.1, -0.05) is 81.6 Å². The van der Waals surface area contributed by atoms with Crippen LogP contribution < -0.4 is 0 Å². The van der Waals surface area contributed by atoms with Crippen LogP contribution in [0, 0.1) is 17.2 Å². The average molecular weight is 361 g/mol. The number of carbonyl (C=O) groups is 1. The molecule has 2 aromatic carbocycles. The standard InChI is InChI=1S/C24H27NO2/c1-3-5-11-19(4-2)18-27-24(26)23(16-20-12-7-6-8-13-20)22-15-10-9-14-21(22)17-25/h6-10,12-16,19H,3-5,11,18H2,1-2H3/b23-16+. The Bertz CT molecular complexity index is 803. The first kappa shape index (κ1) is 20.5. The molecule has 0 aliphatic carbocycles. The lowest BCUT2D eigenvalue weighted by Crippen LogP contribution is -2.15. The van der Waals surface area contributed by atoms with Crippen LogP contribution in [-0.2, 0) is 9.53 Å². The Morgan fingerprint density at radius 2 is 1.81 bits per heavy atom. The normalized spacial score (nSPS) is 12.3. The summed E-state index contributed by atoms with van der Waals surface area (Å²) in [5, 5.41) is 9.44. The van der Waals surface area contributed by atoms with Crippen molar-refractivity contribution in [1.82, 2.24) is 0 Å². The fraction of sp³-hybridized carbons (Fsp3) is 0.333. The molecule has 1 atom stereocenters. The minimum absolute atomic E-state index is 0.373. The van der Waals surface area contributed by atoms with Crippen molar-refractivity contribution in [2.24, 2.45) is 5.92 Å². The molecule has 3 heteroatoms. The lowest BCUT2D eigenvalue weighted by Gasteiger charge is -2.16. The van der Waals surface area contributed by atoms with E-state index in [0.717, 1.165) is 31.2 Å². The monoisotopic (exact) mass is 361 g/mol. The lowest BCUT2D eigenvalue weighted by atomic mass is 9.98. The van der Waals surface area contributed by atoms with E-state index in [9.17, 15) is 10.1 Å². The average Bonchev–Trinajstić information content (AvgIpc) is 2.72. The molecule has 2 aromatic rings. The number of nitriles is 1. The highest BCUT2D eigenvalue weighted by Crippen LogP contribution is 2.24. The highest BCUT2D eigenvalue weighted by molar-refractivity contribution is 6.22. The number of ether oxygens (including phenoxy) is 1. The van der Waals surface area contributed by atoms with E-state index in [4.69, 9.17) is 4.74 Å². The predicted octanol–water partition coefficient (Wildman–Crippen LogP) is 5.86. The zero-order valence-electron chi connectivity index (χ0n) is 16.2.